The molecule has 0 unspecified atom stereocenters. The molecule has 0 N–H and O–H groups in total. The molecule has 1 saturated heterocycles. The van der Waals surface area contributed by atoms with E-state index in [0.29, 0.717) is 15.5 Å². The average Bonchev–Trinajstić information content (AvgIpc) is 2.78. The lowest BCUT2D eigenvalue weighted by Gasteiger charge is -2.31. The van der Waals surface area contributed by atoms with E-state index < -0.39 is 0 Å². The molecule has 1 aliphatic heterocycles. The number of hydrogen-bond acceptors (Lipinski definition) is 2. The standard InChI is InChI=1S/C15H18ClFIN3/c1-20-6-3-10(4-7-20)21-14-8-11(17)12(18)9-13(14)19-15(21)2-5-16/h8-10H,2-7H2,1H3. The molecule has 3 nitrogen and oxygen atoms in total. The van der Waals surface area contributed by atoms with Crippen LogP contribution in [-0.2, 0) is 6.42 Å². The van der Waals surface area contributed by atoms with Gasteiger partial charge in [0.1, 0.15) is 11.6 Å². The monoisotopic (exact) mass is 421 g/mol. The lowest BCUT2D eigenvalue weighted by molar-refractivity contribution is 0.221. The zero-order valence-corrected chi connectivity index (χ0v) is 14.9. The second-order valence-corrected chi connectivity index (χ2v) is 7.17. The van der Waals surface area contributed by atoms with Gasteiger partial charge in [-0.25, -0.2) is 9.37 Å². The van der Waals surface area contributed by atoms with Crippen molar-refractivity contribution in [2.45, 2.75) is 25.3 Å². The highest BCUT2D eigenvalue weighted by Gasteiger charge is 2.23. The normalized spacial score (nSPS) is 17.7. The topological polar surface area (TPSA) is 21.1 Å². The van der Waals surface area contributed by atoms with E-state index in [1.807, 2.05) is 28.7 Å². The summed E-state index contributed by atoms with van der Waals surface area (Å²) >= 11 is 7.94. The highest BCUT2D eigenvalue weighted by atomic mass is 127. The first kappa shape index (κ1) is 15.5. The van der Waals surface area contributed by atoms with E-state index in [2.05, 4.69) is 16.5 Å². The van der Waals surface area contributed by atoms with Crippen molar-refractivity contribution in [2.75, 3.05) is 26.0 Å². The predicted molar refractivity (Wildman–Crippen MR) is 92.6 cm³/mol. The van der Waals surface area contributed by atoms with Crippen LogP contribution in [0.1, 0.15) is 24.7 Å². The SMILES string of the molecule is CN1CCC(n2c(CCCl)nc3cc(I)c(F)cc32)CC1. The number of imidazole rings is 1. The number of benzene rings is 1. The molecule has 21 heavy (non-hydrogen) atoms. The van der Waals surface area contributed by atoms with Gasteiger partial charge in [0, 0.05) is 24.4 Å². The summed E-state index contributed by atoms with van der Waals surface area (Å²) in [5.74, 6) is 1.35. The summed E-state index contributed by atoms with van der Waals surface area (Å²) in [4.78, 5) is 7.03. The molecule has 114 valence electrons. The Labute approximate surface area is 142 Å². The Hall–Kier alpha value is -0.400. The fourth-order valence-electron chi connectivity index (χ4n) is 3.06. The summed E-state index contributed by atoms with van der Waals surface area (Å²) in [6.45, 7) is 2.13. The number of nitrogens with zero attached hydrogens (tertiary/aromatic N) is 3. The van der Waals surface area contributed by atoms with E-state index in [1.165, 1.54) is 0 Å². The molecule has 1 aliphatic rings. The van der Waals surface area contributed by atoms with Gasteiger partial charge in [-0.2, -0.15) is 0 Å². The van der Waals surface area contributed by atoms with Crippen LogP contribution in [0.2, 0.25) is 0 Å². The minimum absolute atomic E-state index is 0.172. The molecule has 0 aliphatic carbocycles. The van der Waals surface area contributed by atoms with Gasteiger partial charge in [-0.15, -0.1) is 11.6 Å². The lowest BCUT2D eigenvalue weighted by atomic mass is 10.0. The number of aromatic nitrogens is 2. The van der Waals surface area contributed by atoms with E-state index in [0.717, 1.165) is 49.2 Å². The van der Waals surface area contributed by atoms with Gasteiger partial charge in [-0.05, 0) is 61.6 Å². The van der Waals surface area contributed by atoms with Crippen LogP contribution in [0.25, 0.3) is 11.0 Å². The van der Waals surface area contributed by atoms with Gasteiger partial charge in [0.15, 0.2) is 0 Å². The van der Waals surface area contributed by atoms with Crippen LogP contribution in [0.3, 0.4) is 0 Å². The van der Waals surface area contributed by atoms with Crippen molar-refractivity contribution in [1.82, 2.24) is 14.5 Å². The molecule has 2 aromatic rings. The quantitative estimate of drug-likeness (QED) is 0.555. The number of hydrogen-bond donors (Lipinski definition) is 0. The molecular formula is C15H18ClFIN3. The molecule has 0 bridgehead atoms. The molecule has 0 amide bonds. The van der Waals surface area contributed by atoms with Crippen molar-refractivity contribution >= 4 is 45.2 Å². The van der Waals surface area contributed by atoms with Crippen molar-refractivity contribution in [2.24, 2.45) is 0 Å². The van der Waals surface area contributed by atoms with Crippen molar-refractivity contribution < 1.29 is 4.39 Å². The van der Waals surface area contributed by atoms with Crippen LogP contribution in [0, 0.1) is 9.39 Å². The maximum atomic E-state index is 14.0. The molecule has 1 aromatic heterocycles. The number of halogens is 3. The van der Waals surface area contributed by atoms with E-state index in [4.69, 9.17) is 16.6 Å². The second-order valence-electron chi connectivity index (χ2n) is 5.63. The van der Waals surface area contributed by atoms with E-state index in [-0.39, 0.29) is 5.82 Å². The number of aryl methyl sites for hydroxylation is 1. The maximum Gasteiger partial charge on any atom is 0.138 e. The molecule has 1 fully saturated rings. The molecule has 3 rings (SSSR count). The van der Waals surface area contributed by atoms with Crippen LogP contribution in [0.5, 0.6) is 0 Å². The average molecular weight is 422 g/mol. The fraction of sp³-hybridized carbons (Fsp3) is 0.533. The van der Waals surface area contributed by atoms with Gasteiger partial charge in [0.05, 0.1) is 14.6 Å². The number of likely N-dealkylation sites (tertiary alicyclic amines) is 1. The molecule has 0 radical (unpaired) electrons. The minimum atomic E-state index is -0.172. The number of rotatable bonds is 3. The third-order valence-corrected chi connectivity index (χ3v) is 5.19. The first-order valence-electron chi connectivity index (χ1n) is 7.20. The summed E-state index contributed by atoms with van der Waals surface area (Å²) in [6, 6.07) is 3.85. The lowest BCUT2D eigenvalue weighted by Crippen LogP contribution is -2.32. The predicted octanol–water partition coefficient (Wildman–Crippen LogP) is 3.83. The molecule has 0 saturated carbocycles. The van der Waals surface area contributed by atoms with Gasteiger partial charge in [-0.3, -0.25) is 0 Å². The molecule has 6 heteroatoms. The Balaban J connectivity index is 2.09. The number of piperidine rings is 1. The zero-order chi connectivity index (χ0) is 15.0. The minimum Gasteiger partial charge on any atom is -0.325 e. The van der Waals surface area contributed by atoms with Crippen LogP contribution < -0.4 is 0 Å². The van der Waals surface area contributed by atoms with Crippen LogP contribution in [0.4, 0.5) is 4.39 Å². The van der Waals surface area contributed by atoms with Gasteiger partial charge < -0.3 is 9.47 Å². The third-order valence-electron chi connectivity index (χ3n) is 4.18. The first-order chi connectivity index (χ1) is 10.1. The molecule has 1 aromatic carbocycles. The van der Waals surface area contributed by atoms with Gasteiger partial charge in [0.2, 0.25) is 0 Å². The molecule has 2 heterocycles. The summed E-state index contributed by atoms with van der Waals surface area (Å²) in [7, 11) is 2.14. The number of alkyl halides is 1. The Morgan fingerprint density at radius 3 is 2.76 bits per heavy atom. The largest absolute Gasteiger partial charge is 0.325 e. The maximum absolute atomic E-state index is 14.0. The summed E-state index contributed by atoms with van der Waals surface area (Å²) < 4.78 is 16.8. The van der Waals surface area contributed by atoms with Crippen molar-refractivity contribution in [3.63, 3.8) is 0 Å². The van der Waals surface area contributed by atoms with Crippen molar-refractivity contribution in [3.8, 4) is 0 Å². The third kappa shape index (κ3) is 3.05. The molecular weight excluding hydrogens is 404 g/mol. The molecule has 0 atom stereocenters. The Morgan fingerprint density at radius 1 is 1.38 bits per heavy atom. The first-order valence-corrected chi connectivity index (χ1v) is 8.82. The summed E-state index contributed by atoms with van der Waals surface area (Å²) in [5.41, 5.74) is 1.78. The Morgan fingerprint density at radius 2 is 2.10 bits per heavy atom. The van der Waals surface area contributed by atoms with Gasteiger partial charge in [-0.1, -0.05) is 0 Å². The highest BCUT2D eigenvalue weighted by molar-refractivity contribution is 14.1. The van der Waals surface area contributed by atoms with Gasteiger partial charge in [0.25, 0.3) is 0 Å². The van der Waals surface area contributed by atoms with Gasteiger partial charge >= 0.3 is 0 Å². The van der Waals surface area contributed by atoms with E-state index in [1.54, 1.807) is 6.07 Å². The Bertz CT molecular complexity index is 650. The van der Waals surface area contributed by atoms with E-state index in [9.17, 15) is 4.39 Å². The fourth-order valence-corrected chi connectivity index (χ4v) is 3.68. The van der Waals surface area contributed by atoms with Crippen molar-refractivity contribution in [3.05, 3.63) is 27.3 Å². The Kier molecular flexibility index (Phi) is 4.71. The highest BCUT2D eigenvalue weighted by Crippen LogP contribution is 2.30. The number of fused-ring (bicyclic) bond motifs is 1. The van der Waals surface area contributed by atoms with Crippen molar-refractivity contribution in [1.29, 1.82) is 0 Å². The van der Waals surface area contributed by atoms with Crippen LogP contribution in [-0.4, -0.2) is 40.5 Å². The zero-order valence-electron chi connectivity index (χ0n) is 12.0. The second kappa shape index (κ2) is 6.38. The van der Waals surface area contributed by atoms with Crippen LogP contribution >= 0.6 is 34.2 Å². The van der Waals surface area contributed by atoms with E-state index >= 15 is 0 Å². The summed E-state index contributed by atoms with van der Waals surface area (Å²) in [5, 5.41) is 0. The summed E-state index contributed by atoms with van der Waals surface area (Å²) in [6.07, 6.45) is 2.87. The smallest absolute Gasteiger partial charge is 0.138 e. The van der Waals surface area contributed by atoms with Crippen LogP contribution in [0.15, 0.2) is 12.1 Å². The molecule has 0 spiro atoms.